The summed E-state index contributed by atoms with van der Waals surface area (Å²) >= 11 is 1.30. The summed E-state index contributed by atoms with van der Waals surface area (Å²) < 4.78 is 1.10. The number of carboxylic acids is 1. The molecular weight excluding hydrogens is 416 g/mol. The molecule has 4 aromatic rings. The number of thiazole rings is 1. The summed E-state index contributed by atoms with van der Waals surface area (Å²) in [5.74, 6) is -1.40. The van der Waals surface area contributed by atoms with Gasteiger partial charge in [0.2, 0.25) is 5.91 Å². The fraction of sp³-hybridized carbons (Fsp3) is 0.136. The van der Waals surface area contributed by atoms with E-state index in [-0.39, 0.29) is 30.0 Å². The number of nitrogens with zero attached hydrogens (tertiary/aromatic N) is 3. The first-order valence-corrected chi connectivity index (χ1v) is 10.3. The van der Waals surface area contributed by atoms with Crippen LogP contribution in [0.1, 0.15) is 26.8 Å². The Morgan fingerprint density at radius 3 is 2.55 bits per heavy atom. The number of amides is 1. The Balaban J connectivity index is 1.54. The van der Waals surface area contributed by atoms with Crippen LogP contribution in [0, 0.1) is 6.92 Å². The molecule has 9 heteroatoms. The number of anilines is 1. The van der Waals surface area contributed by atoms with E-state index in [4.69, 9.17) is 0 Å². The average Bonchev–Trinajstić information content (AvgIpc) is 3.18. The number of hydrogen-bond acceptors (Lipinski definition) is 6. The van der Waals surface area contributed by atoms with Crippen LogP contribution in [0.5, 0.6) is 0 Å². The number of para-hydroxylation sites is 1. The van der Waals surface area contributed by atoms with Gasteiger partial charge in [-0.1, -0.05) is 36.4 Å². The molecule has 0 saturated heterocycles. The molecule has 0 atom stereocenters. The van der Waals surface area contributed by atoms with Crippen LogP contribution in [0.25, 0.3) is 10.8 Å². The van der Waals surface area contributed by atoms with Gasteiger partial charge in [-0.3, -0.25) is 9.59 Å². The van der Waals surface area contributed by atoms with Gasteiger partial charge in [0, 0.05) is 16.5 Å². The number of carboxylic acid groups (broad SMARTS) is 1. The molecular formula is C22H18N4O4S. The van der Waals surface area contributed by atoms with Crippen molar-refractivity contribution >= 4 is 39.7 Å². The highest BCUT2D eigenvalue weighted by atomic mass is 32.1. The molecule has 156 valence electrons. The van der Waals surface area contributed by atoms with Crippen molar-refractivity contribution in [3.63, 3.8) is 0 Å². The average molecular weight is 434 g/mol. The largest absolute Gasteiger partial charge is 0.476 e. The van der Waals surface area contributed by atoms with Gasteiger partial charge >= 0.3 is 5.97 Å². The maximum Gasteiger partial charge on any atom is 0.357 e. The van der Waals surface area contributed by atoms with Crippen LogP contribution in [-0.2, 0) is 17.8 Å². The summed E-state index contributed by atoms with van der Waals surface area (Å²) in [4.78, 5) is 41.1. The predicted octanol–water partition coefficient (Wildman–Crippen LogP) is 3.09. The number of rotatable bonds is 6. The third-order valence-corrected chi connectivity index (χ3v) is 5.61. The maximum atomic E-state index is 12.7. The van der Waals surface area contributed by atoms with Crippen LogP contribution in [0.4, 0.5) is 5.69 Å². The van der Waals surface area contributed by atoms with Gasteiger partial charge in [-0.2, -0.15) is 5.10 Å². The number of carbonyl (C=O) groups is 2. The lowest BCUT2D eigenvalue weighted by molar-refractivity contribution is -0.115. The van der Waals surface area contributed by atoms with Crippen molar-refractivity contribution in [1.29, 1.82) is 0 Å². The van der Waals surface area contributed by atoms with Crippen molar-refractivity contribution in [3.05, 3.63) is 86.2 Å². The monoisotopic (exact) mass is 434 g/mol. The quantitative estimate of drug-likeness (QED) is 0.482. The van der Waals surface area contributed by atoms with Gasteiger partial charge in [0.1, 0.15) is 5.01 Å². The van der Waals surface area contributed by atoms with E-state index in [0.29, 0.717) is 16.1 Å². The summed E-state index contributed by atoms with van der Waals surface area (Å²) in [5, 5.41) is 19.3. The summed E-state index contributed by atoms with van der Waals surface area (Å²) in [6.07, 6.45) is 0.0967. The highest BCUT2D eigenvalue weighted by Crippen LogP contribution is 2.17. The molecule has 0 saturated carbocycles. The van der Waals surface area contributed by atoms with Crippen molar-refractivity contribution in [2.75, 3.05) is 5.32 Å². The Morgan fingerprint density at radius 1 is 1.10 bits per heavy atom. The number of aromatic nitrogens is 3. The third-order valence-electron chi connectivity index (χ3n) is 4.71. The number of nitrogens with one attached hydrogen (secondary N) is 1. The Bertz CT molecular complexity index is 1360. The van der Waals surface area contributed by atoms with E-state index in [1.54, 1.807) is 29.6 Å². The summed E-state index contributed by atoms with van der Waals surface area (Å²) in [7, 11) is 0. The van der Waals surface area contributed by atoms with E-state index in [2.05, 4.69) is 15.4 Å². The number of aromatic carboxylic acids is 1. The van der Waals surface area contributed by atoms with E-state index < -0.39 is 11.5 Å². The van der Waals surface area contributed by atoms with Gasteiger partial charge in [0.25, 0.3) is 5.56 Å². The van der Waals surface area contributed by atoms with Gasteiger partial charge in [0.05, 0.1) is 24.0 Å². The predicted molar refractivity (Wildman–Crippen MR) is 118 cm³/mol. The first-order valence-electron chi connectivity index (χ1n) is 9.44. The van der Waals surface area contributed by atoms with Crippen LogP contribution in [0.2, 0.25) is 0 Å². The number of benzene rings is 2. The number of aryl methyl sites for hydroxylation is 1. The summed E-state index contributed by atoms with van der Waals surface area (Å²) in [5.41, 5.74) is 1.66. The standard InChI is InChI=1S/C22H18N4O4S/c1-13-6-2-5-9-17(13)24-18(27)10-19-23-14(12-31-19)11-26-21(28)16-8-4-3-7-15(16)20(25-26)22(29)30/h2-9,12H,10-11H2,1H3,(H,24,27)(H,29,30). The first-order chi connectivity index (χ1) is 14.9. The highest BCUT2D eigenvalue weighted by Gasteiger charge is 2.17. The molecule has 4 rings (SSSR count). The SMILES string of the molecule is Cc1ccccc1NC(=O)Cc1nc(Cn2nc(C(=O)O)c3ccccc3c2=O)cs1. The number of fused-ring (bicyclic) bond motifs is 1. The van der Waals surface area contributed by atoms with Crippen molar-refractivity contribution < 1.29 is 14.7 Å². The molecule has 0 spiro atoms. The Kier molecular flexibility index (Phi) is 5.59. The lowest BCUT2D eigenvalue weighted by atomic mass is 10.1. The van der Waals surface area contributed by atoms with Crippen molar-refractivity contribution in [3.8, 4) is 0 Å². The van der Waals surface area contributed by atoms with E-state index in [1.165, 1.54) is 11.3 Å². The van der Waals surface area contributed by atoms with Gasteiger partial charge in [0.15, 0.2) is 5.69 Å². The zero-order valence-electron chi connectivity index (χ0n) is 16.5. The minimum absolute atomic E-state index is 0.0138. The molecule has 0 radical (unpaired) electrons. The molecule has 0 aliphatic carbocycles. The zero-order chi connectivity index (χ0) is 22.0. The first kappa shape index (κ1) is 20.4. The van der Waals surface area contributed by atoms with E-state index in [0.717, 1.165) is 15.9 Å². The minimum atomic E-state index is -1.21. The number of hydrogen-bond donors (Lipinski definition) is 2. The molecule has 1 amide bonds. The molecule has 2 aromatic heterocycles. The van der Waals surface area contributed by atoms with Crippen molar-refractivity contribution in [2.45, 2.75) is 19.9 Å². The summed E-state index contributed by atoms with van der Waals surface area (Å²) in [6.45, 7) is 1.93. The topological polar surface area (TPSA) is 114 Å². The minimum Gasteiger partial charge on any atom is -0.476 e. The second-order valence-electron chi connectivity index (χ2n) is 6.93. The second-order valence-corrected chi connectivity index (χ2v) is 7.88. The number of carbonyl (C=O) groups excluding carboxylic acids is 1. The molecule has 31 heavy (non-hydrogen) atoms. The Hall–Kier alpha value is -3.85. The molecule has 2 heterocycles. The van der Waals surface area contributed by atoms with Gasteiger partial charge in [-0.05, 0) is 24.6 Å². The van der Waals surface area contributed by atoms with Crippen molar-refractivity contribution in [2.24, 2.45) is 0 Å². The van der Waals surface area contributed by atoms with Gasteiger partial charge in [-0.25, -0.2) is 14.5 Å². The van der Waals surface area contributed by atoms with Crippen LogP contribution in [0.15, 0.2) is 58.7 Å². The highest BCUT2D eigenvalue weighted by molar-refractivity contribution is 7.09. The van der Waals surface area contributed by atoms with Crippen molar-refractivity contribution in [1.82, 2.24) is 14.8 Å². The van der Waals surface area contributed by atoms with Crippen LogP contribution in [0.3, 0.4) is 0 Å². The van der Waals surface area contributed by atoms with E-state index >= 15 is 0 Å². The molecule has 2 N–H and O–H groups in total. The van der Waals surface area contributed by atoms with Crippen LogP contribution >= 0.6 is 11.3 Å². The molecule has 0 aliphatic rings. The van der Waals surface area contributed by atoms with E-state index in [9.17, 15) is 19.5 Å². The molecule has 2 aromatic carbocycles. The molecule has 0 unspecified atom stereocenters. The van der Waals surface area contributed by atoms with Gasteiger partial charge < -0.3 is 10.4 Å². The van der Waals surface area contributed by atoms with Crippen LogP contribution in [-0.4, -0.2) is 31.7 Å². The van der Waals surface area contributed by atoms with Crippen LogP contribution < -0.4 is 10.9 Å². The molecule has 0 bridgehead atoms. The Labute approximate surface area is 180 Å². The summed E-state index contributed by atoms with van der Waals surface area (Å²) in [6, 6.07) is 14.0. The fourth-order valence-corrected chi connectivity index (χ4v) is 3.99. The molecule has 8 nitrogen and oxygen atoms in total. The molecule has 0 fully saturated rings. The lowest BCUT2D eigenvalue weighted by Crippen LogP contribution is -2.26. The normalized spacial score (nSPS) is 10.9. The lowest BCUT2D eigenvalue weighted by Gasteiger charge is -2.08. The Morgan fingerprint density at radius 2 is 1.81 bits per heavy atom. The maximum absolute atomic E-state index is 12.7. The second kappa shape index (κ2) is 8.49. The third kappa shape index (κ3) is 4.36. The smallest absolute Gasteiger partial charge is 0.357 e. The molecule has 0 aliphatic heterocycles. The van der Waals surface area contributed by atoms with E-state index in [1.807, 2.05) is 31.2 Å². The van der Waals surface area contributed by atoms with Gasteiger partial charge in [-0.15, -0.1) is 11.3 Å². The zero-order valence-corrected chi connectivity index (χ0v) is 17.3. The fourth-order valence-electron chi connectivity index (χ4n) is 3.20.